The van der Waals surface area contributed by atoms with Gasteiger partial charge in [0.15, 0.2) is 0 Å². The molecule has 0 radical (unpaired) electrons. The standard InChI is InChI=1S/C21H21N3O3/c1-13-10-14(2)12-15(11-13)22-20(27)21-9-8-18(25)24(21)17-7-5-4-6-16(17)19(26)23(21)3/h4-7,10-12H,8-9H2,1-3H3,(H,22,27)/t21-/m0/s1. The van der Waals surface area contributed by atoms with Crippen LogP contribution in [0.4, 0.5) is 11.4 Å². The van der Waals surface area contributed by atoms with Crippen LogP contribution in [0.25, 0.3) is 0 Å². The molecule has 138 valence electrons. The van der Waals surface area contributed by atoms with Crippen molar-refractivity contribution in [2.24, 2.45) is 0 Å². The molecule has 2 heterocycles. The second-order valence-electron chi connectivity index (χ2n) is 7.26. The average molecular weight is 363 g/mol. The molecule has 6 heteroatoms. The van der Waals surface area contributed by atoms with Crippen molar-refractivity contribution in [3.63, 3.8) is 0 Å². The molecule has 1 saturated heterocycles. The van der Waals surface area contributed by atoms with E-state index in [-0.39, 0.29) is 30.6 Å². The predicted molar refractivity (Wildman–Crippen MR) is 103 cm³/mol. The normalized spacial score (nSPS) is 21.1. The SMILES string of the molecule is Cc1cc(C)cc(NC(=O)[C@]23CCC(=O)N2c2ccccc2C(=O)N3C)c1. The molecule has 2 aromatic carbocycles. The molecule has 6 nitrogen and oxygen atoms in total. The van der Waals surface area contributed by atoms with E-state index in [0.717, 1.165) is 11.1 Å². The minimum atomic E-state index is -1.35. The number of nitrogens with zero attached hydrogens (tertiary/aromatic N) is 2. The summed E-state index contributed by atoms with van der Waals surface area (Å²) in [6.07, 6.45) is 0.477. The zero-order chi connectivity index (χ0) is 19.3. The van der Waals surface area contributed by atoms with Crippen molar-refractivity contribution >= 4 is 29.1 Å². The Hall–Kier alpha value is -3.15. The van der Waals surface area contributed by atoms with Crippen LogP contribution in [0, 0.1) is 13.8 Å². The Morgan fingerprint density at radius 2 is 1.74 bits per heavy atom. The van der Waals surface area contributed by atoms with Crippen molar-refractivity contribution in [1.29, 1.82) is 0 Å². The van der Waals surface area contributed by atoms with Crippen LogP contribution in [-0.2, 0) is 9.59 Å². The van der Waals surface area contributed by atoms with E-state index in [9.17, 15) is 14.4 Å². The maximum absolute atomic E-state index is 13.4. The average Bonchev–Trinajstić information content (AvgIpc) is 2.97. The van der Waals surface area contributed by atoms with Gasteiger partial charge < -0.3 is 10.2 Å². The number of para-hydroxylation sites is 1. The number of anilines is 2. The van der Waals surface area contributed by atoms with Crippen LogP contribution in [0.2, 0.25) is 0 Å². The Balaban J connectivity index is 1.81. The number of hydrogen-bond donors (Lipinski definition) is 1. The van der Waals surface area contributed by atoms with Gasteiger partial charge in [-0.05, 0) is 49.2 Å². The number of likely N-dealkylation sites (N-methyl/N-ethyl adjacent to an activating group) is 1. The molecular weight excluding hydrogens is 342 g/mol. The van der Waals surface area contributed by atoms with Crippen molar-refractivity contribution in [3.05, 3.63) is 59.2 Å². The molecule has 2 aliphatic heterocycles. The molecular formula is C21H21N3O3. The summed E-state index contributed by atoms with van der Waals surface area (Å²) in [5.74, 6) is -0.784. The van der Waals surface area contributed by atoms with Gasteiger partial charge in [0.1, 0.15) is 0 Å². The van der Waals surface area contributed by atoms with Crippen LogP contribution in [0.3, 0.4) is 0 Å². The lowest BCUT2D eigenvalue weighted by Crippen LogP contribution is -2.68. The summed E-state index contributed by atoms with van der Waals surface area (Å²) in [5, 5.41) is 2.93. The van der Waals surface area contributed by atoms with Crippen molar-refractivity contribution < 1.29 is 14.4 Å². The van der Waals surface area contributed by atoms with Gasteiger partial charge in [-0.2, -0.15) is 0 Å². The van der Waals surface area contributed by atoms with Crippen LogP contribution in [0.15, 0.2) is 42.5 Å². The van der Waals surface area contributed by atoms with E-state index in [1.54, 1.807) is 31.3 Å². The van der Waals surface area contributed by atoms with E-state index in [1.165, 1.54) is 9.80 Å². The Kier molecular flexibility index (Phi) is 3.80. The molecule has 0 bridgehead atoms. The number of nitrogens with one attached hydrogen (secondary N) is 1. The molecule has 0 aliphatic carbocycles. The first-order valence-electron chi connectivity index (χ1n) is 8.94. The fourth-order valence-electron chi connectivity index (χ4n) is 4.21. The summed E-state index contributed by atoms with van der Waals surface area (Å²) in [6.45, 7) is 3.91. The molecule has 3 amide bonds. The molecule has 0 aromatic heterocycles. The zero-order valence-corrected chi connectivity index (χ0v) is 15.6. The van der Waals surface area contributed by atoms with E-state index in [1.807, 2.05) is 32.0 Å². The third-order valence-electron chi connectivity index (χ3n) is 5.38. The summed E-state index contributed by atoms with van der Waals surface area (Å²) in [4.78, 5) is 41.9. The smallest absolute Gasteiger partial charge is 0.271 e. The Morgan fingerprint density at radius 1 is 1.07 bits per heavy atom. The first kappa shape index (κ1) is 17.3. The lowest BCUT2D eigenvalue weighted by molar-refractivity contribution is -0.128. The summed E-state index contributed by atoms with van der Waals surface area (Å²) in [5.41, 5.74) is 2.30. The summed E-state index contributed by atoms with van der Waals surface area (Å²) in [7, 11) is 1.59. The number of hydrogen-bond acceptors (Lipinski definition) is 3. The predicted octanol–water partition coefficient (Wildman–Crippen LogP) is 2.85. The van der Waals surface area contributed by atoms with Gasteiger partial charge in [-0.25, -0.2) is 0 Å². The van der Waals surface area contributed by atoms with Crippen molar-refractivity contribution in [2.75, 3.05) is 17.3 Å². The van der Waals surface area contributed by atoms with E-state index in [0.29, 0.717) is 16.9 Å². The fourth-order valence-corrected chi connectivity index (χ4v) is 4.21. The van der Waals surface area contributed by atoms with Crippen LogP contribution >= 0.6 is 0 Å². The van der Waals surface area contributed by atoms with Gasteiger partial charge in [0.25, 0.3) is 11.8 Å². The number of rotatable bonds is 2. The Bertz CT molecular complexity index is 964. The molecule has 1 fully saturated rings. The van der Waals surface area contributed by atoms with Crippen LogP contribution in [0.1, 0.15) is 34.3 Å². The van der Waals surface area contributed by atoms with Gasteiger partial charge >= 0.3 is 0 Å². The van der Waals surface area contributed by atoms with Gasteiger partial charge in [-0.15, -0.1) is 0 Å². The number of carbonyl (C=O) groups is 3. The van der Waals surface area contributed by atoms with Crippen molar-refractivity contribution in [3.8, 4) is 0 Å². The third kappa shape index (κ3) is 2.44. The van der Waals surface area contributed by atoms with Gasteiger partial charge in [-0.1, -0.05) is 18.2 Å². The minimum absolute atomic E-state index is 0.155. The van der Waals surface area contributed by atoms with Crippen LogP contribution < -0.4 is 10.2 Å². The number of aryl methyl sites for hydroxylation is 2. The lowest BCUT2D eigenvalue weighted by atomic mass is 9.96. The maximum atomic E-state index is 13.4. The minimum Gasteiger partial charge on any atom is -0.322 e. The fraction of sp³-hybridized carbons (Fsp3) is 0.286. The number of fused-ring (bicyclic) bond motifs is 3. The summed E-state index contributed by atoms with van der Waals surface area (Å²) >= 11 is 0. The lowest BCUT2D eigenvalue weighted by Gasteiger charge is -2.47. The van der Waals surface area contributed by atoms with Gasteiger partial charge in [0, 0.05) is 25.6 Å². The first-order valence-corrected chi connectivity index (χ1v) is 8.94. The molecule has 27 heavy (non-hydrogen) atoms. The zero-order valence-electron chi connectivity index (χ0n) is 15.6. The number of carbonyl (C=O) groups excluding carboxylic acids is 3. The highest BCUT2D eigenvalue weighted by atomic mass is 16.2. The number of benzene rings is 2. The maximum Gasteiger partial charge on any atom is 0.271 e. The molecule has 0 saturated carbocycles. The van der Waals surface area contributed by atoms with E-state index < -0.39 is 5.66 Å². The highest BCUT2D eigenvalue weighted by Gasteiger charge is 2.59. The van der Waals surface area contributed by atoms with Crippen LogP contribution in [0.5, 0.6) is 0 Å². The van der Waals surface area contributed by atoms with E-state index in [4.69, 9.17) is 0 Å². The van der Waals surface area contributed by atoms with Crippen molar-refractivity contribution in [1.82, 2.24) is 4.90 Å². The van der Waals surface area contributed by atoms with Crippen molar-refractivity contribution in [2.45, 2.75) is 32.4 Å². The highest BCUT2D eigenvalue weighted by Crippen LogP contribution is 2.44. The second-order valence-corrected chi connectivity index (χ2v) is 7.26. The highest BCUT2D eigenvalue weighted by molar-refractivity contribution is 6.18. The molecule has 1 N–H and O–H groups in total. The van der Waals surface area contributed by atoms with Gasteiger partial charge in [0.2, 0.25) is 11.6 Å². The monoisotopic (exact) mass is 363 g/mol. The Morgan fingerprint density at radius 3 is 2.44 bits per heavy atom. The second kappa shape index (κ2) is 5.94. The molecule has 2 aliphatic rings. The molecule has 0 unspecified atom stereocenters. The third-order valence-corrected chi connectivity index (χ3v) is 5.38. The number of amides is 3. The van der Waals surface area contributed by atoms with Gasteiger partial charge in [-0.3, -0.25) is 19.3 Å². The van der Waals surface area contributed by atoms with Crippen LogP contribution in [-0.4, -0.2) is 35.3 Å². The Labute approximate surface area is 157 Å². The summed E-state index contributed by atoms with van der Waals surface area (Å²) < 4.78 is 0. The van der Waals surface area contributed by atoms with Gasteiger partial charge in [0.05, 0.1) is 11.3 Å². The quantitative estimate of drug-likeness (QED) is 0.892. The molecule has 1 atom stereocenters. The largest absolute Gasteiger partial charge is 0.322 e. The topological polar surface area (TPSA) is 69.7 Å². The van der Waals surface area contributed by atoms with E-state index >= 15 is 0 Å². The molecule has 2 aromatic rings. The molecule has 0 spiro atoms. The summed E-state index contributed by atoms with van der Waals surface area (Å²) in [6, 6.07) is 12.7. The molecule has 4 rings (SSSR count). The first-order chi connectivity index (χ1) is 12.8. The van der Waals surface area contributed by atoms with E-state index in [2.05, 4.69) is 5.32 Å².